The number of sulfonamides is 1. The fourth-order valence-electron chi connectivity index (χ4n) is 2.67. The lowest BCUT2D eigenvalue weighted by atomic mass is 10.3. The Kier molecular flexibility index (Phi) is 5.81. The molecule has 0 saturated heterocycles. The third-order valence-corrected chi connectivity index (χ3v) is 5.84. The number of nitrogens with zero attached hydrogens (tertiary/aromatic N) is 3. The van der Waals surface area contributed by atoms with Crippen molar-refractivity contribution in [3.8, 4) is 5.75 Å². The van der Waals surface area contributed by atoms with E-state index in [0.29, 0.717) is 17.1 Å². The first-order valence-corrected chi connectivity index (χ1v) is 10.3. The van der Waals surface area contributed by atoms with Gasteiger partial charge in [0.05, 0.1) is 22.7 Å². The number of aryl methyl sites for hydroxylation is 2. The van der Waals surface area contributed by atoms with Crippen LogP contribution in [-0.4, -0.2) is 31.2 Å². The number of amides is 1. The van der Waals surface area contributed by atoms with Gasteiger partial charge in [0.25, 0.3) is 5.91 Å². The average molecular weight is 434 g/mol. The summed E-state index contributed by atoms with van der Waals surface area (Å²) >= 11 is 6.12. The van der Waals surface area contributed by atoms with Gasteiger partial charge in [-0.25, -0.2) is 8.42 Å². The zero-order valence-corrected chi connectivity index (χ0v) is 17.5. The van der Waals surface area contributed by atoms with Crippen molar-refractivity contribution >= 4 is 38.9 Å². The number of para-hydroxylation sites is 1. The largest absolute Gasteiger partial charge is 0.570 e. The Balaban J connectivity index is 1.78. The molecule has 1 amide bonds. The fraction of sp³-hybridized carbons (Fsp3) is 0.158. The van der Waals surface area contributed by atoms with Crippen LogP contribution < -0.4 is 10.1 Å². The Bertz CT molecular complexity index is 1160. The molecular weight excluding hydrogens is 416 g/mol. The van der Waals surface area contributed by atoms with Crippen LogP contribution in [0.5, 0.6) is 5.75 Å². The number of ether oxygens (including phenoxy) is 1. The van der Waals surface area contributed by atoms with E-state index in [-0.39, 0.29) is 21.3 Å². The molecule has 1 N–H and O–H groups in total. The van der Waals surface area contributed by atoms with Crippen LogP contribution in [0, 0.1) is 6.92 Å². The number of halogens is 1. The Morgan fingerprint density at radius 1 is 1.17 bits per heavy atom. The average Bonchev–Trinajstić information content (AvgIpc) is 2.94. The van der Waals surface area contributed by atoms with Gasteiger partial charge >= 0.3 is 0 Å². The van der Waals surface area contributed by atoms with E-state index in [1.807, 2.05) is 0 Å². The highest BCUT2D eigenvalue weighted by molar-refractivity contribution is 7.94. The second-order valence-electron chi connectivity index (χ2n) is 6.09. The molecule has 1 aromatic heterocycles. The molecular formula is C19H18ClN4O4S-. The van der Waals surface area contributed by atoms with Crippen LogP contribution >= 0.6 is 11.6 Å². The van der Waals surface area contributed by atoms with Gasteiger partial charge in [-0.3, -0.25) is 9.48 Å². The molecule has 0 fully saturated rings. The van der Waals surface area contributed by atoms with Crippen LogP contribution in [0.3, 0.4) is 0 Å². The van der Waals surface area contributed by atoms with Crippen molar-refractivity contribution in [3.63, 3.8) is 0 Å². The molecule has 0 saturated carbocycles. The summed E-state index contributed by atoms with van der Waals surface area (Å²) in [5.74, 6) is -0.101. The Morgan fingerprint density at radius 2 is 1.83 bits per heavy atom. The second-order valence-corrected chi connectivity index (χ2v) is 8.07. The number of anilines is 1. The molecule has 10 heteroatoms. The van der Waals surface area contributed by atoms with E-state index in [1.165, 1.54) is 36.1 Å². The number of carbonyl (C=O) groups is 1. The first kappa shape index (κ1) is 20.7. The fourth-order valence-corrected chi connectivity index (χ4v) is 3.91. The van der Waals surface area contributed by atoms with Crippen molar-refractivity contribution in [3.05, 3.63) is 69.7 Å². The summed E-state index contributed by atoms with van der Waals surface area (Å²) in [5, 5.41) is 7.03. The lowest BCUT2D eigenvalue weighted by Gasteiger charge is -2.24. The number of hydrogen-bond acceptors (Lipinski definition) is 5. The highest BCUT2D eigenvalue weighted by Crippen LogP contribution is 2.35. The number of benzene rings is 2. The number of hydrogen-bond donors (Lipinski definition) is 1. The minimum atomic E-state index is -3.96. The summed E-state index contributed by atoms with van der Waals surface area (Å²) in [6, 6.07) is 12.2. The van der Waals surface area contributed by atoms with Crippen LogP contribution in [-0.2, 0) is 17.1 Å². The summed E-state index contributed by atoms with van der Waals surface area (Å²) < 4.78 is 35.5. The number of rotatable bonds is 6. The summed E-state index contributed by atoms with van der Waals surface area (Å²) in [4.78, 5) is 12.4. The maximum absolute atomic E-state index is 12.6. The summed E-state index contributed by atoms with van der Waals surface area (Å²) in [5.41, 5.74) is 1.36. The van der Waals surface area contributed by atoms with Crippen molar-refractivity contribution in [1.29, 1.82) is 0 Å². The molecule has 0 aliphatic rings. The Hall–Kier alpha value is -3.04. The standard InChI is InChI=1S/C19H18ClN4O4S/c1-12-17(20)18(24(2)22-12)19(25)21-13-8-10-14(11-9-13)29(26,27)23-15-6-4-5-7-16(15)28-3/h4-11H,1-3H3,(H,21,25)/q-1. The maximum atomic E-state index is 12.6. The van der Waals surface area contributed by atoms with E-state index >= 15 is 0 Å². The van der Waals surface area contributed by atoms with Crippen molar-refractivity contribution in [2.24, 2.45) is 7.05 Å². The van der Waals surface area contributed by atoms with Gasteiger partial charge in [-0.1, -0.05) is 35.5 Å². The number of aromatic nitrogens is 2. The Morgan fingerprint density at radius 3 is 2.41 bits per heavy atom. The monoisotopic (exact) mass is 433 g/mol. The molecule has 0 atom stereocenters. The van der Waals surface area contributed by atoms with E-state index in [9.17, 15) is 13.2 Å². The lowest BCUT2D eigenvalue weighted by Crippen LogP contribution is -2.16. The smallest absolute Gasteiger partial charge is 0.275 e. The molecule has 29 heavy (non-hydrogen) atoms. The highest BCUT2D eigenvalue weighted by Gasteiger charge is 2.19. The molecule has 3 aromatic rings. The van der Waals surface area contributed by atoms with Gasteiger partial charge in [0, 0.05) is 12.7 Å². The van der Waals surface area contributed by atoms with Crippen molar-refractivity contribution in [1.82, 2.24) is 9.78 Å². The summed E-state index contributed by atoms with van der Waals surface area (Å²) in [6.07, 6.45) is 0. The highest BCUT2D eigenvalue weighted by atomic mass is 35.5. The SMILES string of the molecule is COc1ccccc1[N-]S(=O)(=O)c1ccc(NC(=O)c2c(Cl)c(C)nn2C)cc1. The normalized spacial score (nSPS) is 11.2. The molecule has 0 spiro atoms. The quantitative estimate of drug-likeness (QED) is 0.631. The van der Waals surface area contributed by atoms with Crippen LogP contribution in [0.15, 0.2) is 53.4 Å². The van der Waals surface area contributed by atoms with Crippen LogP contribution in [0.25, 0.3) is 4.72 Å². The lowest BCUT2D eigenvalue weighted by molar-refractivity contribution is 0.101. The Labute approximate surface area is 173 Å². The first-order valence-electron chi connectivity index (χ1n) is 8.44. The molecule has 8 nitrogen and oxygen atoms in total. The zero-order valence-electron chi connectivity index (χ0n) is 15.9. The molecule has 0 aliphatic heterocycles. The topological polar surface area (TPSA) is 104 Å². The third-order valence-electron chi connectivity index (χ3n) is 4.08. The summed E-state index contributed by atoms with van der Waals surface area (Å²) in [6.45, 7) is 1.70. The minimum absolute atomic E-state index is 0.0178. The van der Waals surface area contributed by atoms with Crippen LogP contribution in [0.4, 0.5) is 11.4 Å². The molecule has 3 rings (SSSR count). The van der Waals surface area contributed by atoms with E-state index in [1.54, 1.807) is 38.2 Å². The third kappa shape index (κ3) is 4.36. The second kappa shape index (κ2) is 8.14. The molecule has 2 aromatic carbocycles. The molecule has 0 radical (unpaired) electrons. The van der Waals surface area contributed by atoms with Gasteiger partial charge in [0.15, 0.2) is 0 Å². The number of methoxy groups -OCH3 is 1. The van der Waals surface area contributed by atoms with Gasteiger partial charge in [-0.15, -0.1) is 0 Å². The van der Waals surface area contributed by atoms with Gasteiger partial charge in [-0.2, -0.15) is 5.10 Å². The van der Waals surface area contributed by atoms with Crippen molar-refractivity contribution < 1.29 is 17.9 Å². The molecule has 1 heterocycles. The predicted molar refractivity (Wildman–Crippen MR) is 111 cm³/mol. The predicted octanol–water partition coefficient (Wildman–Crippen LogP) is 4.04. The van der Waals surface area contributed by atoms with E-state index in [2.05, 4.69) is 15.1 Å². The summed E-state index contributed by atoms with van der Waals surface area (Å²) in [7, 11) is -0.903. The van der Waals surface area contributed by atoms with Gasteiger partial charge in [0.2, 0.25) is 0 Å². The maximum Gasteiger partial charge on any atom is 0.275 e. The van der Waals surface area contributed by atoms with Crippen molar-refractivity contribution in [2.75, 3.05) is 12.4 Å². The van der Waals surface area contributed by atoms with Gasteiger partial charge in [-0.05, 0) is 37.3 Å². The van der Waals surface area contributed by atoms with Gasteiger partial charge < -0.3 is 14.8 Å². The van der Waals surface area contributed by atoms with E-state index < -0.39 is 15.9 Å². The number of nitrogens with one attached hydrogen (secondary N) is 1. The van der Waals surface area contributed by atoms with E-state index in [0.717, 1.165) is 0 Å². The van der Waals surface area contributed by atoms with Gasteiger partial charge in [0.1, 0.15) is 21.5 Å². The molecule has 0 aliphatic carbocycles. The molecule has 152 valence electrons. The van der Waals surface area contributed by atoms with E-state index in [4.69, 9.17) is 16.3 Å². The molecule has 0 unspecified atom stereocenters. The minimum Gasteiger partial charge on any atom is -0.570 e. The van der Waals surface area contributed by atoms with Crippen LogP contribution in [0.1, 0.15) is 16.2 Å². The molecule has 0 bridgehead atoms. The number of carbonyl (C=O) groups excluding carboxylic acids is 1. The first-order chi connectivity index (χ1) is 13.7. The van der Waals surface area contributed by atoms with Crippen molar-refractivity contribution in [2.45, 2.75) is 11.8 Å². The van der Waals surface area contributed by atoms with Crippen LogP contribution in [0.2, 0.25) is 5.02 Å². The zero-order chi connectivity index (χ0) is 21.2.